The molecular weight excluding hydrogens is 383 g/mol. The molecule has 0 radical (unpaired) electrons. The van der Waals surface area contributed by atoms with Crippen molar-refractivity contribution in [2.75, 3.05) is 7.05 Å². The number of carbonyl (C=O) groups excluding carboxylic acids is 1. The molecule has 3 aromatic carbocycles. The summed E-state index contributed by atoms with van der Waals surface area (Å²) in [6, 6.07) is 18.5. The lowest BCUT2D eigenvalue weighted by atomic mass is 9.94. The van der Waals surface area contributed by atoms with Crippen LogP contribution < -0.4 is 5.32 Å². The molecule has 1 unspecified atom stereocenters. The van der Waals surface area contributed by atoms with Gasteiger partial charge in [0.15, 0.2) is 5.78 Å². The molecule has 3 aromatic rings. The monoisotopic (exact) mass is 399 g/mol. The summed E-state index contributed by atoms with van der Waals surface area (Å²) in [6.45, 7) is 0. The summed E-state index contributed by atoms with van der Waals surface area (Å²) >= 11 is 1.34. The van der Waals surface area contributed by atoms with Gasteiger partial charge in [0, 0.05) is 7.05 Å². The summed E-state index contributed by atoms with van der Waals surface area (Å²) in [7, 11) is 1.68. The lowest BCUT2D eigenvalue weighted by Crippen LogP contribution is -2.10. The number of rotatable bonds is 3. The van der Waals surface area contributed by atoms with Crippen LogP contribution in [0.25, 0.3) is 16.3 Å². The Kier molecular flexibility index (Phi) is 4.67. The standard InChI is InChI=1S/C22H16F3NOS/c1-26-21-18(14-8-4-9-15(12-14)22(23,24)25)19(27)20(28-21)17-11-5-7-13-6-2-3-10-16(13)17/h2-12,20,26H,1H3. The van der Waals surface area contributed by atoms with Gasteiger partial charge in [-0.2, -0.15) is 13.2 Å². The number of halogens is 3. The van der Waals surface area contributed by atoms with Gasteiger partial charge < -0.3 is 5.32 Å². The summed E-state index contributed by atoms with van der Waals surface area (Å²) in [6.07, 6.45) is -4.46. The second-order valence-corrected chi connectivity index (χ2v) is 7.58. The molecule has 1 heterocycles. The minimum absolute atomic E-state index is 0.190. The van der Waals surface area contributed by atoms with E-state index in [1.54, 1.807) is 13.1 Å². The van der Waals surface area contributed by atoms with Crippen molar-refractivity contribution in [2.24, 2.45) is 0 Å². The highest BCUT2D eigenvalue weighted by Gasteiger charge is 2.37. The van der Waals surface area contributed by atoms with Crippen LogP contribution in [0.5, 0.6) is 0 Å². The molecule has 0 amide bonds. The Balaban J connectivity index is 1.79. The molecule has 1 aliphatic rings. The first-order valence-electron chi connectivity index (χ1n) is 8.68. The van der Waals surface area contributed by atoms with Gasteiger partial charge in [0.05, 0.1) is 21.4 Å². The van der Waals surface area contributed by atoms with Crippen LogP contribution in [0, 0.1) is 0 Å². The van der Waals surface area contributed by atoms with Gasteiger partial charge in [-0.25, -0.2) is 0 Å². The van der Waals surface area contributed by atoms with Gasteiger partial charge in [0.2, 0.25) is 0 Å². The van der Waals surface area contributed by atoms with Crippen molar-refractivity contribution < 1.29 is 18.0 Å². The van der Waals surface area contributed by atoms with Crippen LogP contribution in [-0.2, 0) is 11.0 Å². The van der Waals surface area contributed by atoms with Gasteiger partial charge in [0.25, 0.3) is 0 Å². The fraction of sp³-hybridized carbons (Fsp3) is 0.136. The molecule has 1 aliphatic heterocycles. The van der Waals surface area contributed by atoms with E-state index >= 15 is 0 Å². The number of carbonyl (C=O) groups is 1. The molecule has 0 saturated carbocycles. The van der Waals surface area contributed by atoms with Crippen molar-refractivity contribution in [3.05, 3.63) is 88.4 Å². The summed E-state index contributed by atoms with van der Waals surface area (Å²) in [4.78, 5) is 13.3. The molecule has 142 valence electrons. The average molecular weight is 399 g/mol. The Bertz CT molecular complexity index is 1100. The highest BCUT2D eigenvalue weighted by Crippen LogP contribution is 2.49. The molecule has 0 bridgehead atoms. The van der Waals surface area contributed by atoms with E-state index in [-0.39, 0.29) is 11.3 Å². The maximum Gasteiger partial charge on any atom is 0.416 e. The number of allylic oxidation sites excluding steroid dienone is 1. The second-order valence-electron chi connectivity index (χ2n) is 6.46. The van der Waals surface area contributed by atoms with Crippen molar-refractivity contribution in [1.82, 2.24) is 5.32 Å². The highest BCUT2D eigenvalue weighted by atomic mass is 32.2. The molecule has 0 fully saturated rings. The molecule has 0 spiro atoms. The van der Waals surface area contributed by atoms with E-state index in [1.807, 2.05) is 42.5 Å². The van der Waals surface area contributed by atoms with Crippen LogP contribution in [0.3, 0.4) is 0 Å². The molecular formula is C22H16F3NOS. The number of fused-ring (bicyclic) bond motifs is 1. The van der Waals surface area contributed by atoms with E-state index < -0.39 is 17.0 Å². The van der Waals surface area contributed by atoms with E-state index in [4.69, 9.17) is 0 Å². The molecule has 0 aliphatic carbocycles. The van der Waals surface area contributed by atoms with Gasteiger partial charge in [0.1, 0.15) is 0 Å². The van der Waals surface area contributed by atoms with Gasteiger partial charge in [-0.3, -0.25) is 4.79 Å². The second kappa shape index (κ2) is 7.02. The molecule has 4 rings (SSSR count). The zero-order chi connectivity index (χ0) is 19.9. The van der Waals surface area contributed by atoms with Crippen molar-refractivity contribution in [1.29, 1.82) is 0 Å². The molecule has 6 heteroatoms. The number of thioether (sulfide) groups is 1. The fourth-order valence-electron chi connectivity index (χ4n) is 3.47. The van der Waals surface area contributed by atoms with Gasteiger partial charge in [-0.15, -0.1) is 0 Å². The first-order valence-corrected chi connectivity index (χ1v) is 9.56. The van der Waals surface area contributed by atoms with Crippen molar-refractivity contribution in [3.8, 4) is 0 Å². The summed E-state index contributed by atoms with van der Waals surface area (Å²) in [5.41, 5.74) is 0.679. The third-order valence-corrected chi connectivity index (χ3v) is 6.11. The van der Waals surface area contributed by atoms with Crippen LogP contribution in [-0.4, -0.2) is 12.8 Å². The van der Waals surface area contributed by atoms with Crippen LogP contribution in [0.15, 0.2) is 71.8 Å². The molecule has 0 aromatic heterocycles. The topological polar surface area (TPSA) is 29.1 Å². The van der Waals surface area contributed by atoms with Crippen molar-refractivity contribution in [3.63, 3.8) is 0 Å². The lowest BCUT2D eigenvalue weighted by Gasteiger charge is -2.13. The SMILES string of the molecule is CNC1=C(c2cccc(C(F)(F)F)c2)C(=O)C(c2cccc3ccccc23)S1. The summed E-state index contributed by atoms with van der Waals surface area (Å²) in [5, 5.41) is 5.06. The normalized spacial score (nSPS) is 17.4. The van der Waals surface area contributed by atoms with Crippen LogP contribution >= 0.6 is 11.8 Å². The zero-order valence-corrected chi connectivity index (χ0v) is 15.7. The zero-order valence-electron chi connectivity index (χ0n) is 14.9. The Hall–Kier alpha value is -2.73. The molecule has 2 nitrogen and oxygen atoms in total. The minimum Gasteiger partial charge on any atom is -0.382 e. The molecule has 1 N–H and O–H groups in total. The molecule has 1 atom stereocenters. The van der Waals surface area contributed by atoms with E-state index in [1.165, 1.54) is 17.8 Å². The van der Waals surface area contributed by atoms with Crippen LogP contribution in [0.4, 0.5) is 13.2 Å². The number of Topliss-reactive ketones (excluding diaryl/α,β-unsaturated/α-hetero) is 1. The number of benzene rings is 3. The maximum absolute atomic E-state index is 13.3. The van der Waals surface area contributed by atoms with Crippen LogP contribution in [0.2, 0.25) is 0 Å². The van der Waals surface area contributed by atoms with E-state index in [9.17, 15) is 18.0 Å². The molecule has 0 saturated heterocycles. The van der Waals surface area contributed by atoms with Crippen molar-refractivity contribution in [2.45, 2.75) is 11.4 Å². The van der Waals surface area contributed by atoms with Crippen molar-refractivity contribution >= 4 is 33.9 Å². The quantitative estimate of drug-likeness (QED) is 0.603. The smallest absolute Gasteiger partial charge is 0.382 e. The predicted octanol–water partition coefficient (Wildman–Crippen LogP) is 5.80. The third kappa shape index (κ3) is 3.18. The predicted molar refractivity (Wildman–Crippen MR) is 107 cm³/mol. The number of ketones is 1. The maximum atomic E-state index is 13.3. The Morgan fingerprint density at radius 3 is 2.43 bits per heavy atom. The molecule has 28 heavy (non-hydrogen) atoms. The van der Waals surface area contributed by atoms with Crippen LogP contribution in [0.1, 0.15) is 21.9 Å². The first kappa shape index (κ1) is 18.6. The minimum atomic E-state index is -4.46. The van der Waals surface area contributed by atoms with E-state index in [2.05, 4.69) is 5.32 Å². The van der Waals surface area contributed by atoms with E-state index in [0.29, 0.717) is 10.6 Å². The average Bonchev–Trinajstić information content (AvgIpc) is 3.03. The number of hydrogen-bond acceptors (Lipinski definition) is 3. The fourth-order valence-corrected chi connectivity index (χ4v) is 4.71. The third-order valence-electron chi connectivity index (χ3n) is 4.76. The summed E-state index contributed by atoms with van der Waals surface area (Å²) < 4.78 is 39.4. The van der Waals surface area contributed by atoms with E-state index in [0.717, 1.165) is 28.5 Å². The Labute approximate surface area is 164 Å². The van der Waals surface area contributed by atoms with Gasteiger partial charge >= 0.3 is 6.18 Å². The Morgan fingerprint density at radius 1 is 0.964 bits per heavy atom. The highest BCUT2D eigenvalue weighted by molar-refractivity contribution is 8.04. The number of nitrogens with one attached hydrogen (secondary N) is 1. The Morgan fingerprint density at radius 2 is 1.68 bits per heavy atom. The largest absolute Gasteiger partial charge is 0.416 e. The van der Waals surface area contributed by atoms with Gasteiger partial charge in [-0.1, -0.05) is 66.4 Å². The number of hydrogen-bond donors (Lipinski definition) is 1. The summed E-state index contributed by atoms with van der Waals surface area (Å²) in [5.74, 6) is -0.190. The lowest BCUT2D eigenvalue weighted by molar-refractivity contribution is -0.137. The number of alkyl halides is 3. The first-order chi connectivity index (χ1) is 13.4. The van der Waals surface area contributed by atoms with Gasteiger partial charge in [-0.05, 0) is 34.0 Å².